The summed E-state index contributed by atoms with van der Waals surface area (Å²) >= 11 is 8.55. The number of nitrogens with zero attached hydrogens (tertiary/aromatic N) is 1. The van der Waals surface area contributed by atoms with Crippen LogP contribution in [0.4, 0.5) is 0 Å². The topological polar surface area (TPSA) is 50.2 Å². The van der Waals surface area contributed by atoms with Gasteiger partial charge in [-0.25, -0.2) is 4.98 Å². The molecule has 1 atom stereocenters. The number of halogens is 2. The number of aromatic nitrogens is 1. The second-order valence-corrected chi connectivity index (χ2v) is 7.53. The largest absolute Gasteiger partial charge is 0.481 e. The minimum atomic E-state index is -0.764. The van der Waals surface area contributed by atoms with E-state index in [0.717, 1.165) is 42.9 Å². The number of carbonyl (C=O) groups is 1. The van der Waals surface area contributed by atoms with Crippen LogP contribution in [-0.2, 0) is 11.2 Å². The average molecular weight is 417 g/mol. The molecule has 1 N–H and O–H groups in total. The fourth-order valence-corrected chi connectivity index (χ4v) is 4.20. The summed E-state index contributed by atoms with van der Waals surface area (Å²) in [7, 11) is 0. The number of carboxylic acid groups (broad SMARTS) is 1. The van der Waals surface area contributed by atoms with Crippen LogP contribution in [0.15, 0.2) is 27.1 Å². The Morgan fingerprint density at radius 3 is 2.85 bits per heavy atom. The fraction of sp³-hybridized carbons (Fsp3) is 0.286. The lowest BCUT2D eigenvalue weighted by molar-refractivity contribution is -0.139. The molecule has 0 saturated heterocycles. The predicted octanol–water partition coefficient (Wildman–Crippen LogP) is 4.84. The molecule has 1 aliphatic carbocycles. The van der Waals surface area contributed by atoms with E-state index >= 15 is 0 Å². The zero-order valence-electron chi connectivity index (χ0n) is 10.4. The summed E-state index contributed by atoms with van der Waals surface area (Å²) in [4.78, 5) is 17.0. The molecule has 104 valence electrons. The minimum absolute atomic E-state index is 0.442. The monoisotopic (exact) mass is 415 g/mol. The molecule has 20 heavy (non-hydrogen) atoms. The van der Waals surface area contributed by atoms with Gasteiger partial charge in [0.2, 0.25) is 0 Å². The van der Waals surface area contributed by atoms with Crippen LogP contribution in [0.2, 0.25) is 0 Å². The van der Waals surface area contributed by atoms with Crippen molar-refractivity contribution in [2.75, 3.05) is 0 Å². The fourth-order valence-electron chi connectivity index (χ4n) is 2.41. The van der Waals surface area contributed by atoms with Gasteiger partial charge in [-0.1, -0.05) is 6.07 Å². The molecule has 1 aromatic heterocycles. The average Bonchev–Trinajstić information content (AvgIpc) is 2.85. The van der Waals surface area contributed by atoms with Gasteiger partial charge in [0.25, 0.3) is 0 Å². The molecule has 1 aromatic carbocycles. The molecule has 3 rings (SSSR count). The van der Waals surface area contributed by atoms with Crippen LogP contribution >= 0.6 is 43.2 Å². The van der Waals surface area contributed by atoms with Crippen molar-refractivity contribution in [2.45, 2.75) is 25.2 Å². The summed E-state index contributed by atoms with van der Waals surface area (Å²) in [5.41, 5.74) is 1.78. The van der Waals surface area contributed by atoms with Crippen LogP contribution in [0.25, 0.3) is 10.6 Å². The number of fused-ring (bicyclic) bond motifs is 1. The second kappa shape index (κ2) is 5.58. The van der Waals surface area contributed by atoms with Gasteiger partial charge in [0.15, 0.2) is 0 Å². The lowest BCUT2D eigenvalue weighted by Gasteiger charge is -2.16. The Labute approximate surface area is 137 Å². The molecule has 0 saturated carbocycles. The number of rotatable bonds is 2. The highest BCUT2D eigenvalue weighted by atomic mass is 79.9. The van der Waals surface area contributed by atoms with E-state index in [4.69, 9.17) is 0 Å². The number of hydrogen-bond acceptors (Lipinski definition) is 3. The minimum Gasteiger partial charge on any atom is -0.481 e. The van der Waals surface area contributed by atoms with Crippen molar-refractivity contribution in [2.24, 2.45) is 0 Å². The van der Waals surface area contributed by atoms with Gasteiger partial charge < -0.3 is 5.11 Å². The number of benzene rings is 1. The molecule has 6 heteroatoms. The predicted molar refractivity (Wildman–Crippen MR) is 86.3 cm³/mol. The number of carboxylic acids is 1. The van der Waals surface area contributed by atoms with Crippen molar-refractivity contribution in [1.29, 1.82) is 0 Å². The maximum Gasteiger partial charge on any atom is 0.312 e. The Kier molecular flexibility index (Phi) is 3.97. The normalized spacial score (nSPS) is 17.8. The zero-order chi connectivity index (χ0) is 14.3. The first kappa shape index (κ1) is 14.2. The highest BCUT2D eigenvalue weighted by Gasteiger charge is 2.30. The summed E-state index contributed by atoms with van der Waals surface area (Å²) in [6.45, 7) is 0. The third kappa shape index (κ3) is 2.56. The van der Waals surface area contributed by atoms with Gasteiger partial charge in [-0.15, -0.1) is 11.3 Å². The van der Waals surface area contributed by atoms with Gasteiger partial charge in [-0.2, -0.15) is 0 Å². The Hall–Kier alpha value is -0.720. The number of thiazole rings is 1. The molecular weight excluding hydrogens is 406 g/mol. The number of aryl methyl sites for hydroxylation is 1. The van der Waals surface area contributed by atoms with Crippen molar-refractivity contribution in [1.82, 2.24) is 4.98 Å². The Morgan fingerprint density at radius 1 is 1.35 bits per heavy atom. The van der Waals surface area contributed by atoms with Crippen LogP contribution in [-0.4, -0.2) is 16.1 Å². The summed E-state index contributed by atoms with van der Waals surface area (Å²) in [5, 5.41) is 10.2. The van der Waals surface area contributed by atoms with Crippen LogP contribution in [0.5, 0.6) is 0 Å². The van der Waals surface area contributed by atoms with Gasteiger partial charge in [0.1, 0.15) is 5.01 Å². The first-order valence-electron chi connectivity index (χ1n) is 6.24. The standard InChI is InChI=1S/C14H11Br2NO2S/c15-9-5-4-7(6-10(9)16)13-17-12-8(14(18)19)2-1-3-11(12)20-13/h4-6,8H,1-3H2,(H,18,19). The molecule has 0 amide bonds. The van der Waals surface area contributed by atoms with Crippen molar-refractivity contribution >= 4 is 49.2 Å². The first-order valence-corrected chi connectivity index (χ1v) is 8.64. The van der Waals surface area contributed by atoms with Gasteiger partial charge in [0.05, 0.1) is 11.6 Å². The summed E-state index contributed by atoms with van der Waals surface area (Å²) in [5.74, 6) is -1.21. The third-order valence-corrected chi connectivity index (χ3v) is 6.48. The van der Waals surface area contributed by atoms with Gasteiger partial charge in [0, 0.05) is 19.4 Å². The van der Waals surface area contributed by atoms with Gasteiger partial charge in [-0.3, -0.25) is 4.79 Å². The van der Waals surface area contributed by atoms with Crippen LogP contribution in [0.1, 0.15) is 29.3 Å². The van der Waals surface area contributed by atoms with Crippen LogP contribution in [0.3, 0.4) is 0 Å². The molecule has 0 bridgehead atoms. The Bertz CT molecular complexity index is 684. The number of hydrogen-bond donors (Lipinski definition) is 1. The third-order valence-electron chi connectivity index (χ3n) is 3.42. The molecule has 0 aliphatic heterocycles. The van der Waals surface area contributed by atoms with E-state index in [-0.39, 0.29) is 0 Å². The highest BCUT2D eigenvalue weighted by molar-refractivity contribution is 9.13. The van der Waals surface area contributed by atoms with E-state index in [1.807, 2.05) is 18.2 Å². The van der Waals surface area contributed by atoms with Gasteiger partial charge >= 0.3 is 5.97 Å². The van der Waals surface area contributed by atoms with E-state index in [2.05, 4.69) is 36.8 Å². The van der Waals surface area contributed by atoms with Crippen molar-refractivity contribution in [3.8, 4) is 10.6 Å². The van der Waals surface area contributed by atoms with Crippen LogP contribution < -0.4 is 0 Å². The summed E-state index contributed by atoms with van der Waals surface area (Å²) in [6.07, 6.45) is 2.56. The smallest absolute Gasteiger partial charge is 0.312 e. The maximum absolute atomic E-state index is 11.3. The molecular formula is C14H11Br2NO2S. The van der Waals surface area contributed by atoms with E-state index in [9.17, 15) is 9.90 Å². The van der Waals surface area contributed by atoms with Crippen molar-refractivity contribution in [3.05, 3.63) is 37.7 Å². The van der Waals surface area contributed by atoms with E-state index in [1.165, 1.54) is 0 Å². The number of aliphatic carboxylic acids is 1. The lowest BCUT2D eigenvalue weighted by atomic mass is 9.91. The second-order valence-electron chi connectivity index (χ2n) is 4.74. The zero-order valence-corrected chi connectivity index (χ0v) is 14.4. The molecule has 0 spiro atoms. The van der Waals surface area contributed by atoms with E-state index < -0.39 is 11.9 Å². The van der Waals surface area contributed by atoms with Gasteiger partial charge in [-0.05, 0) is 63.3 Å². The molecule has 2 aromatic rings. The first-order chi connectivity index (χ1) is 9.56. The Morgan fingerprint density at radius 2 is 2.15 bits per heavy atom. The van der Waals surface area contributed by atoms with Crippen LogP contribution in [0, 0.1) is 0 Å². The quantitative estimate of drug-likeness (QED) is 0.761. The molecule has 3 nitrogen and oxygen atoms in total. The molecule has 1 heterocycles. The molecule has 1 aliphatic rings. The highest BCUT2D eigenvalue weighted by Crippen LogP contribution is 2.39. The van der Waals surface area contributed by atoms with Crippen molar-refractivity contribution < 1.29 is 9.90 Å². The summed E-state index contributed by atoms with van der Waals surface area (Å²) < 4.78 is 1.96. The Balaban J connectivity index is 2.04. The molecule has 0 fully saturated rings. The maximum atomic E-state index is 11.3. The van der Waals surface area contributed by atoms with E-state index in [1.54, 1.807) is 11.3 Å². The summed E-state index contributed by atoms with van der Waals surface area (Å²) in [6, 6.07) is 5.97. The molecule has 0 radical (unpaired) electrons. The van der Waals surface area contributed by atoms with Crippen molar-refractivity contribution in [3.63, 3.8) is 0 Å². The van der Waals surface area contributed by atoms with E-state index in [0.29, 0.717) is 6.42 Å². The SMILES string of the molecule is O=C(O)C1CCCc2sc(-c3ccc(Br)c(Br)c3)nc21. The molecule has 1 unspecified atom stereocenters. The lowest BCUT2D eigenvalue weighted by Crippen LogP contribution is -2.17.